The molecule has 3 heterocycles. The molecule has 0 saturated carbocycles. The topological polar surface area (TPSA) is 126 Å². The monoisotopic (exact) mass is 423 g/mol. The zero-order valence-corrected chi connectivity index (χ0v) is 17.7. The van der Waals surface area contributed by atoms with E-state index in [1.807, 2.05) is 44.0 Å². The summed E-state index contributed by atoms with van der Waals surface area (Å²) in [5, 5.41) is 20.9. The molecule has 0 saturated heterocycles. The third-order valence-corrected chi connectivity index (χ3v) is 5.31. The first-order valence-electron chi connectivity index (χ1n) is 9.31. The number of carbonyl (C=O) groups excluding carboxylic acids is 1. The van der Waals surface area contributed by atoms with Gasteiger partial charge < -0.3 is 14.8 Å². The fraction of sp³-hybridized carbons (Fsp3) is 0.316. The van der Waals surface area contributed by atoms with Gasteiger partial charge in [-0.25, -0.2) is 4.98 Å². The molecule has 1 amide bonds. The number of aromatic nitrogens is 6. The highest BCUT2D eigenvalue weighted by atomic mass is 32.2. The highest BCUT2D eigenvalue weighted by molar-refractivity contribution is 7.99. The maximum Gasteiger partial charge on any atom is 0.236 e. The number of anilines is 2. The molecule has 154 valence electrons. The molecular weight excluding hydrogens is 402 g/mol. The number of carbonyl (C=O) groups is 1. The lowest BCUT2D eigenvalue weighted by Gasteiger charge is -2.19. The predicted molar refractivity (Wildman–Crippen MR) is 114 cm³/mol. The van der Waals surface area contributed by atoms with Gasteiger partial charge in [0.25, 0.3) is 0 Å². The summed E-state index contributed by atoms with van der Waals surface area (Å²) in [5.74, 6) is 1.13. The predicted octanol–water partition coefficient (Wildman–Crippen LogP) is 2.12. The minimum absolute atomic E-state index is 0.0918. The Labute approximate surface area is 178 Å². The first-order valence-corrected chi connectivity index (χ1v) is 10.3. The van der Waals surface area contributed by atoms with Gasteiger partial charge in [0.2, 0.25) is 11.9 Å². The second-order valence-corrected chi connectivity index (χ2v) is 7.10. The SMILES string of the molecule is CCN(CC)c1ncc(C#N)c(NC(=O)CSc2nnc(-c3cccnc3)n2C)n1. The van der Waals surface area contributed by atoms with Gasteiger partial charge in [-0.1, -0.05) is 11.8 Å². The number of pyridine rings is 1. The highest BCUT2D eigenvalue weighted by Crippen LogP contribution is 2.22. The second kappa shape index (κ2) is 9.80. The van der Waals surface area contributed by atoms with E-state index in [2.05, 4.69) is 30.5 Å². The molecule has 0 bridgehead atoms. The van der Waals surface area contributed by atoms with Crippen molar-refractivity contribution < 1.29 is 4.79 Å². The molecule has 10 nitrogen and oxygen atoms in total. The Hall–Kier alpha value is -3.52. The van der Waals surface area contributed by atoms with Crippen molar-refractivity contribution in [3.63, 3.8) is 0 Å². The quantitative estimate of drug-likeness (QED) is 0.542. The van der Waals surface area contributed by atoms with Crippen molar-refractivity contribution in [1.82, 2.24) is 29.7 Å². The summed E-state index contributed by atoms with van der Waals surface area (Å²) in [7, 11) is 1.83. The van der Waals surface area contributed by atoms with Crippen LogP contribution in [-0.4, -0.2) is 54.5 Å². The Balaban J connectivity index is 1.69. The van der Waals surface area contributed by atoms with Gasteiger partial charge in [-0.2, -0.15) is 10.2 Å². The zero-order valence-electron chi connectivity index (χ0n) is 16.9. The summed E-state index contributed by atoms with van der Waals surface area (Å²) in [6.45, 7) is 5.41. The molecule has 0 atom stereocenters. The number of amides is 1. The van der Waals surface area contributed by atoms with Crippen LogP contribution < -0.4 is 10.2 Å². The molecule has 0 aliphatic carbocycles. The molecule has 0 fully saturated rings. The number of rotatable bonds is 8. The van der Waals surface area contributed by atoms with E-state index in [0.29, 0.717) is 16.9 Å². The van der Waals surface area contributed by atoms with Gasteiger partial charge in [0.15, 0.2) is 16.8 Å². The number of hydrogen-bond donors (Lipinski definition) is 1. The molecule has 30 heavy (non-hydrogen) atoms. The largest absolute Gasteiger partial charge is 0.341 e. The van der Waals surface area contributed by atoms with Crippen molar-refractivity contribution in [2.45, 2.75) is 19.0 Å². The Morgan fingerprint density at radius 1 is 1.30 bits per heavy atom. The fourth-order valence-corrected chi connectivity index (χ4v) is 3.40. The van der Waals surface area contributed by atoms with Crippen molar-refractivity contribution in [3.05, 3.63) is 36.3 Å². The van der Waals surface area contributed by atoms with Crippen LogP contribution in [0, 0.1) is 11.3 Å². The van der Waals surface area contributed by atoms with E-state index in [1.165, 1.54) is 18.0 Å². The van der Waals surface area contributed by atoms with Gasteiger partial charge in [0.05, 0.1) is 11.9 Å². The molecule has 0 radical (unpaired) electrons. The van der Waals surface area contributed by atoms with Gasteiger partial charge in [-0.05, 0) is 26.0 Å². The van der Waals surface area contributed by atoms with E-state index < -0.39 is 0 Å². The molecule has 0 aromatic carbocycles. The molecule has 0 aliphatic heterocycles. The molecule has 11 heteroatoms. The Kier molecular flexibility index (Phi) is 6.92. The van der Waals surface area contributed by atoms with E-state index in [4.69, 9.17) is 0 Å². The first kappa shape index (κ1) is 21.2. The summed E-state index contributed by atoms with van der Waals surface area (Å²) < 4.78 is 1.80. The van der Waals surface area contributed by atoms with Crippen molar-refractivity contribution in [2.24, 2.45) is 7.05 Å². The lowest BCUT2D eigenvalue weighted by atomic mass is 10.3. The number of nitrogens with one attached hydrogen (secondary N) is 1. The molecule has 3 rings (SSSR count). The highest BCUT2D eigenvalue weighted by Gasteiger charge is 2.16. The van der Waals surface area contributed by atoms with Gasteiger partial charge in [-0.3, -0.25) is 9.78 Å². The second-order valence-electron chi connectivity index (χ2n) is 6.16. The lowest BCUT2D eigenvalue weighted by molar-refractivity contribution is -0.113. The van der Waals surface area contributed by atoms with Crippen LogP contribution >= 0.6 is 11.8 Å². The Morgan fingerprint density at radius 2 is 2.10 bits per heavy atom. The number of nitriles is 1. The van der Waals surface area contributed by atoms with E-state index in [9.17, 15) is 10.1 Å². The van der Waals surface area contributed by atoms with Crippen LogP contribution in [0.3, 0.4) is 0 Å². The first-order chi connectivity index (χ1) is 14.6. The lowest BCUT2D eigenvalue weighted by Crippen LogP contribution is -2.25. The average molecular weight is 424 g/mol. The standard InChI is InChI=1S/C19H21N9OS/c1-4-28(5-2)18-22-11-14(9-20)16(24-18)23-15(29)12-30-19-26-25-17(27(19)3)13-7-6-8-21-10-13/h6-8,10-11H,4-5,12H2,1-3H3,(H,22,23,24,29). The molecule has 0 spiro atoms. The number of hydrogen-bond acceptors (Lipinski definition) is 9. The van der Waals surface area contributed by atoms with Crippen LogP contribution in [0.5, 0.6) is 0 Å². The van der Waals surface area contributed by atoms with Crippen LogP contribution in [0.1, 0.15) is 19.4 Å². The minimum Gasteiger partial charge on any atom is -0.341 e. The molecule has 1 N–H and O–H groups in total. The van der Waals surface area contributed by atoms with Crippen molar-refractivity contribution in [2.75, 3.05) is 29.1 Å². The van der Waals surface area contributed by atoms with E-state index in [1.54, 1.807) is 17.0 Å². The third-order valence-electron chi connectivity index (χ3n) is 4.29. The summed E-state index contributed by atoms with van der Waals surface area (Å²) in [5.41, 5.74) is 1.05. The smallest absolute Gasteiger partial charge is 0.236 e. The maximum absolute atomic E-state index is 12.5. The maximum atomic E-state index is 12.5. The van der Waals surface area contributed by atoms with Gasteiger partial charge in [0.1, 0.15) is 11.6 Å². The summed E-state index contributed by atoms with van der Waals surface area (Å²) in [6, 6.07) is 5.73. The van der Waals surface area contributed by atoms with E-state index >= 15 is 0 Å². The summed E-state index contributed by atoms with van der Waals surface area (Å²) >= 11 is 1.24. The molecule has 3 aromatic rings. The van der Waals surface area contributed by atoms with Gasteiger partial charge in [0, 0.05) is 38.1 Å². The number of nitrogens with zero attached hydrogens (tertiary/aromatic N) is 8. The van der Waals surface area contributed by atoms with Gasteiger partial charge >= 0.3 is 0 Å². The Morgan fingerprint density at radius 3 is 2.77 bits per heavy atom. The van der Waals surface area contributed by atoms with Gasteiger partial charge in [-0.15, -0.1) is 10.2 Å². The van der Waals surface area contributed by atoms with Crippen LogP contribution in [0.15, 0.2) is 35.9 Å². The molecule has 3 aromatic heterocycles. The minimum atomic E-state index is -0.299. The van der Waals surface area contributed by atoms with Crippen molar-refractivity contribution in [3.8, 4) is 17.5 Å². The van der Waals surface area contributed by atoms with E-state index in [0.717, 1.165) is 18.7 Å². The zero-order chi connectivity index (χ0) is 21.5. The van der Waals surface area contributed by atoms with Crippen molar-refractivity contribution in [1.29, 1.82) is 5.26 Å². The van der Waals surface area contributed by atoms with Crippen LogP contribution in [0.4, 0.5) is 11.8 Å². The molecule has 0 aliphatic rings. The van der Waals surface area contributed by atoms with Crippen LogP contribution in [0.2, 0.25) is 0 Å². The average Bonchev–Trinajstić information content (AvgIpc) is 3.14. The molecular formula is C19H21N9OS. The normalized spacial score (nSPS) is 10.5. The third kappa shape index (κ3) is 4.72. The fourth-order valence-electron chi connectivity index (χ4n) is 2.69. The van der Waals surface area contributed by atoms with Crippen molar-refractivity contribution >= 4 is 29.4 Å². The Bertz CT molecular complexity index is 1060. The summed E-state index contributed by atoms with van der Waals surface area (Å²) in [6.07, 6.45) is 4.82. The van der Waals surface area contributed by atoms with Crippen LogP contribution in [-0.2, 0) is 11.8 Å². The van der Waals surface area contributed by atoms with Crippen LogP contribution in [0.25, 0.3) is 11.4 Å². The van der Waals surface area contributed by atoms with E-state index in [-0.39, 0.29) is 23.0 Å². The number of thioether (sulfide) groups is 1. The summed E-state index contributed by atoms with van der Waals surface area (Å²) in [4.78, 5) is 27.1. The molecule has 0 unspecified atom stereocenters.